The van der Waals surface area contributed by atoms with Crippen molar-refractivity contribution in [1.82, 2.24) is 9.80 Å². The number of fused-ring (bicyclic) bond motifs is 2. The lowest BCUT2D eigenvalue weighted by molar-refractivity contribution is -0.00000816. The largest absolute Gasteiger partial charge is 1.00 e. The van der Waals surface area contributed by atoms with Gasteiger partial charge in [-0.2, -0.15) is 0 Å². The van der Waals surface area contributed by atoms with Crippen molar-refractivity contribution in [2.24, 2.45) is 0 Å². The molecule has 0 saturated carbocycles. The first-order chi connectivity index (χ1) is 11.7. The smallest absolute Gasteiger partial charge is 0.329 e. The quantitative estimate of drug-likeness (QED) is 0.695. The van der Waals surface area contributed by atoms with Crippen LogP contribution in [0.3, 0.4) is 0 Å². The molecule has 0 radical (unpaired) electrons. The van der Waals surface area contributed by atoms with E-state index in [9.17, 15) is 4.79 Å². The average Bonchev–Trinajstić information content (AvgIpc) is 2.79. The summed E-state index contributed by atoms with van der Waals surface area (Å²) in [7, 11) is 2.10. The van der Waals surface area contributed by atoms with Gasteiger partial charge in [0.2, 0.25) is 0 Å². The molecule has 0 atom stereocenters. The van der Waals surface area contributed by atoms with E-state index in [1.807, 2.05) is 46.2 Å². The molecule has 0 bridgehead atoms. The van der Waals surface area contributed by atoms with Crippen LogP contribution in [0.1, 0.15) is 11.1 Å². The van der Waals surface area contributed by atoms with Gasteiger partial charge >= 0.3 is 6.03 Å². The molecule has 0 N–H and O–H groups in total. The molecule has 0 spiro atoms. The van der Waals surface area contributed by atoms with Gasteiger partial charge in [0.25, 0.3) is 0 Å². The van der Waals surface area contributed by atoms with Crippen molar-refractivity contribution in [3.05, 3.63) is 59.7 Å². The highest BCUT2D eigenvalue weighted by molar-refractivity contribution is 6.05. The maximum atomic E-state index is 13.3. The molecule has 4 rings (SSSR count). The standard InChI is InChI=1S/C20H21N3O.ClH/c1-21-12-14-22(15-13-21)20(24)23-18-8-4-2-6-16(18)10-11-17-7-3-5-9-19(17)23;/h2-11H,12-15H2,1H3;1H/p-1. The number of urea groups is 1. The van der Waals surface area contributed by atoms with Gasteiger partial charge < -0.3 is 22.2 Å². The predicted octanol–water partition coefficient (Wildman–Crippen LogP) is 0.680. The zero-order valence-electron chi connectivity index (χ0n) is 14.2. The highest BCUT2D eigenvalue weighted by atomic mass is 35.5. The van der Waals surface area contributed by atoms with E-state index >= 15 is 0 Å². The lowest BCUT2D eigenvalue weighted by Crippen LogP contribution is -3.00. The highest BCUT2D eigenvalue weighted by Gasteiger charge is 2.29. The molecular weight excluding hydrogens is 334 g/mol. The van der Waals surface area contributed by atoms with Gasteiger partial charge in [0.1, 0.15) is 0 Å². The number of hydrogen-bond donors (Lipinski definition) is 0. The number of carbonyl (C=O) groups excluding carboxylic acids is 1. The van der Waals surface area contributed by atoms with Crippen LogP contribution in [0.2, 0.25) is 0 Å². The van der Waals surface area contributed by atoms with E-state index in [1.54, 1.807) is 0 Å². The van der Waals surface area contributed by atoms with Gasteiger partial charge in [0.15, 0.2) is 0 Å². The Labute approximate surface area is 154 Å². The summed E-state index contributed by atoms with van der Waals surface area (Å²) < 4.78 is 0. The van der Waals surface area contributed by atoms with Crippen molar-refractivity contribution in [3.8, 4) is 0 Å². The third-order valence-corrected chi connectivity index (χ3v) is 4.76. The Balaban J connectivity index is 0.00000182. The van der Waals surface area contributed by atoms with Crippen molar-refractivity contribution in [1.29, 1.82) is 0 Å². The summed E-state index contributed by atoms with van der Waals surface area (Å²) in [4.78, 5) is 19.4. The Morgan fingerprint density at radius 1 is 0.800 bits per heavy atom. The topological polar surface area (TPSA) is 26.8 Å². The average molecular weight is 355 g/mol. The molecule has 1 saturated heterocycles. The van der Waals surface area contributed by atoms with Crippen LogP contribution in [0.25, 0.3) is 12.2 Å². The molecule has 2 amide bonds. The monoisotopic (exact) mass is 354 g/mol. The summed E-state index contributed by atoms with van der Waals surface area (Å²) in [6, 6.07) is 16.2. The summed E-state index contributed by atoms with van der Waals surface area (Å²) >= 11 is 0. The summed E-state index contributed by atoms with van der Waals surface area (Å²) in [6.07, 6.45) is 4.18. The van der Waals surface area contributed by atoms with Gasteiger partial charge in [-0.3, -0.25) is 4.90 Å². The van der Waals surface area contributed by atoms with E-state index in [0.29, 0.717) is 0 Å². The maximum Gasteiger partial charge on any atom is 0.329 e. The minimum absolute atomic E-state index is 0. The summed E-state index contributed by atoms with van der Waals surface area (Å²) in [5.74, 6) is 0. The number of halogens is 1. The second kappa shape index (κ2) is 7.30. The molecule has 2 aliphatic heterocycles. The number of piperazine rings is 1. The summed E-state index contributed by atoms with van der Waals surface area (Å²) in [5, 5.41) is 0. The fourth-order valence-corrected chi connectivity index (χ4v) is 3.32. The number of amides is 2. The Kier molecular flexibility index (Phi) is 5.11. The predicted molar refractivity (Wildman–Crippen MR) is 98.4 cm³/mol. The number of likely N-dealkylation sites (N-methyl/N-ethyl adjacent to an activating group) is 1. The van der Waals surface area contributed by atoms with Crippen LogP contribution in [-0.4, -0.2) is 49.1 Å². The van der Waals surface area contributed by atoms with E-state index in [0.717, 1.165) is 48.7 Å². The SMILES string of the molecule is CN1CCN(C(=O)N2c3ccccc3C=Cc3ccccc32)CC1.[Cl-]. The number of rotatable bonds is 0. The molecule has 2 aromatic carbocycles. The first-order valence-corrected chi connectivity index (χ1v) is 8.38. The number of nitrogens with zero attached hydrogens (tertiary/aromatic N) is 3. The number of anilines is 2. The Morgan fingerprint density at radius 3 is 1.80 bits per heavy atom. The van der Waals surface area contributed by atoms with Crippen LogP contribution < -0.4 is 17.3 Å². The van der Waals surface area contributed by atoms with Crippen LogP contribution in [0, 0.1) is 0 Å². The maximum absolute atomic E-state index is 13.3. The van der Waals surface area contributed by atoms with Gasteiger partial charge in [0.05, 0.1) is 11.4 Å². The molecule has 4 nitrogen and oxygen atoms in total. The second-order valence-corrected chi connectivity index (χ2v) is 6.36. The first kappa shape index (κ1) is 17.5. The van der Waals surface area contributed by atoms with Gasteiger partial charge in [-0.25, -0.2) is 4.79 Å². The molecule has 0 unspecified atom stereocenters. The molecule has 130 valence electrons. The number of benzene rings is 2. The molecule has 1 fully saturated rings. The molecule has 0 aliphatic carbocycles. The number of para-hydroxylation sites is 2. The third kappa shape index (κ3) is 3.28. The molecule has 2 aromatic rings. The Hall–Kier alpha value is -2.30. The van der Waals surface area contributed by atoms with Crippen molar-refractivity contribution in [2.45, 2.75) is 0 Å². The van der Waals surface area contributed by atoms with Gasteiger partial charge in [-0.15, -0.1) is 0 Å². The second-order valence-electron chi connectivity index (χ2n) is 6.36. The van der Waals surface area contributed by atoms with Gasteiger partial charge in [0, 0.05) is 26.2 Å². The fraction of sp³-hybridized carbons (Fsp3) is 0.250. The van der Waals surface area contributed by atoms with Crippen LogP contribution in [0.4, 0.5) is 16.2 Å². The third-order valence-electron chi connectivity index (χ3n) is 4.76. The summed E-state index contributed by atoms with van der Waals surface area (Å²) in [6.45, 7) is 3.37. The van der Waals surface area contributed by atoms with Crippen molar-refractivity contribution >= 4 is 29.6 Å². The van der Waals surface area contributed by atoms with Crippen LogP contribution in [0.5, 0.6) is 0 Å². The number of hydrogen-bond acceptors (Lipinski definition) is 2. The normalized spacial score (nSPS) is 16.5. The lowest BCUT2D eigenvalue weighted by atomic mass is 10.1. The van der Waals surface area contributed by atoms with E-state index in [-0.39, 0.29) is 18.4 Å². The molecular formula is C20H21ClN3O-. The minimum Gasteiger partial charge on any atom is -1.00 e. The van der Waals surface area contributed by atoms with Gasteiger partial charge in [-0.05, 0) is 30.3 Å². The molecule has 25 heavy (non-hydrogen) atoms. The van der Waals surface area contributed by atoms with E-state index < -0.39 is 0 Å². The van der Waals surface area contributed by atoms with Crippen molar-refractivity contribution < 1.29 is 17.2 Å². The first-order valence-electron chi connectivity index (χ1n) is 8.38. The van der Waals surface area contributed by atoms with E-state index in [1.165, 1.54) is 0 Å². The zero-order chi connectivity index (χ0) is 16.5. The minimum atomic E-state index is 0. The Morgan fingerprint density at radius 2 is 1.28 bits per heavy atom. The van der Waals surface area contributed by atoms with Crippen LogP contribution in [-0.2, 0) is 0 Å². The molecule has 0 aromatic heterocycles. The fourth-order valence-electron chi connectivity index (χ4n) is 3.32. The van der Waals surface area contributed by atoms with Crippen LogP contribution >= 0.6 is 0 Å². The van der Waals surface area contributed by atoms with E-state index in [2.05, 4.69) is 36.2 Å². The number of carbonyl (C=O) groups is 1. The van der Waals surface area contributed by atoms with Gasteiger partial charge in [-0.1, -0.05) is 48.6 Å². The van der Waals surface area contributed by atoms with E-state index in [4.69, 9.17) is 0 Å². The highest BCUT2D eigenvalue weighted by Crippen LogP contribution is 2.36. The van der Waals surface area contributed by atoms with Crippen molar-refractivity contribution in [3.63, 3.8) is 0 Å². The molecule has 2 heterocycles. The molecule has 5 heteroatoms. The Bertz CT molecular complexity index is 748. The molecule has 2 aliphatic rings. The van der Waals surface area contributed by atoms with Crippen LogP contribution in [0.15, 0.2) is 48.5 Å². The van der Waals surface area contributed by atoms with Crippen molar-refractivity contribution in [2.75, 3.05) is 38.1 Å². The summed E-state index contributed by atoms with van der Waals surface area (Å²) in [5.41, 5.74) is 4.03. The lowest BCUT2D eigenvalue weighted by Gasteiger charge is -2.36. The zero-order valence-corrected chi connectivity index (χ0v) is 15.0.